The minimum Gasteiger partial charge on any atom is -0.385 e. The highest BCUT2D eigenvalue weighted by Crippen LogP contribution is 2.25. The van der Waals surface area contributed by atoms with E-state index in [9.17, 15) is 5.11 Å². The third-order valence-corrected chi connectivity index (χ3v) is 2.60. The van der Waals surface area contributed by atoms with Crippen molar-refractivity contribution in [2.45, 2.75) is 18.9 Å². The van der Waals surface area contributed by atoms with Crippen LogP contribution in [0, 0.1) is 0 Å². The van der Waals surface area contributed by atoms with Crippen LogP contribution in [0.3, 0.4) is 0 Å². The van der Waals surface area contributed by atoms with Crippen molar-refractivity contribution in [1.82, 2.24) is 4.37 Å². The molecule has 1 aromatic rings. The van der Waals surface area contributed by atoms with E-state index in [1.54, 1.807) is 13.1 Å². The smallest absolute Gasteiger partial charge is 0.0987 e. The fourth-order valence-corrected chi connectivity index (χ4v) is 1.55. The van der Waals surface area contributed by atoms with E-state index >= 15 is 0 Å². The van der Waals surface area contributed by atoms with Gasteiger partial charge in [-0.05, 0) is 37.5 Å². The van der Waals surface area contributed by atoms with E-state index in [1.165, 1.54) is 11.5 Å². The molecule has 0 aliphatic carbocycles. The Kier molecular flexibility index (Phi) is 2.59. The standard InChI is InChI=1S/C7H12N2OS/c1-7(10,3-4-8)6-2-5-9-11-6/h2,5,10H,3-4,8H2,1H3. The van der Waals surface area contributed by atoms with Gasteiger partial charge in [-0.25, -0.2) is 4.37 Å². The van der Waals surface area contributed by atoms with Crippen LogP contribution in [0.4, 0.5) is 0 Å². The Morgan fingerprint density at radius 2 is 2.55 bits per heavy atom. The molecule has 3 N–H and O–H groups in total. The molecule has 0 radical (unpaired) electrons. The largest absolute Gasteiger partial charge is 0.385 e. The van der Waals surface area contributed by atoms with Gasteiger partial charge in [0.25, 0.3) is 0 Å². The van der Waals surface area contributed by atoms with Crippen molar-refractivity contribution in [3.8, 4) is 0 Å². The van der Waals surface area contributed by atoms with Gasteiger partial charge in [-0.2, -0.15) is 0 Å². The van der Waals surface area contributed by atoms with Crippen molar-refractivity contribution in [2.24, 2.45) is 5.73 Å². The first-order valence-corrected chi connectivity index (χ1v) is 4.28. The van der Waals surface area contributed by atoms with Gasteiger partial charge in [0.05, 0.1) is 10.5 Å². The molecule has 0 aliphatic rings. The van der Waals surface area contributed by atoms with E-state index in [-0.39, 0.29) is 0 Å². The number of rotatable bonds is 3. The molecule has 0 saturated heterocycles. The molecular formula is C7H12N2OS. The van der Waals surface area contributed by atoms with Crippen molar-refractivity contribution < 1.29 is 5.11 Å². The number of aromatic nitrogens is 1. The predicted molar refractivity (Wildman–Crippen MR) is 45.4 cm³/mol. The summed E-state index contributed by atoms with van der Waals surface area (Å²) < 4.78 is 3.91. The average molecular weight is 172 g/mol. The Labute approximate surface area is 70.0 Å². The van der Waals surface area contributed by atoms with Gasteiger partial charge >= 0.3 is 0 Å². The molecule has 0 aromatic carbocycles. The molecule has 1 aromatic heterocycles. The van der Waals surface area contributed by atoms with Crippen LogP contribution in [0.5, 0.6) is 0 Å². The number of hydrogen-bond acceptors (Lipinski definition) is 4. The second-order valence-corrected chi connectivity index (χ2v) is 3.52. The Morgan fingerprint density at radius 1 is 1.82 bits per heavy atom. The lowest BCUT2D eigenvalue weighted by molar-refractivity contribution is 0.0542. The number of nitrogens with two attached hydrogens (primary N) is 1. The molecule has 1 heterocycles. The topological polar surface area (TPSA) is 59.1 Å². The van der Waals surface area contributed by atoms with E-state index in [0.717, 1.165) is 4.88 Å². The fourth-order valence-electron chi connectivity index (χ4n) is 0.898. The molecular weight excluding hydrogens is 160 g/mol. The van der Waals surface area contributed by atoms with E-state index in [0.29, 0.717) is 13.0 Å². The van der Waals surface area contributed by atoms with Gasteiger partial charge in [0.2, 0.25) is 0 Å². The van der Waals surface area contributed by atoms with Crippen LogP contribution < -0.4 is 5.73 Å². The summed E-state index contributed by atoms with van der Waals surface area (Å²) in [4.78, 5) is 0.878. The van der Waals surface area contributed by atoms with Crippen LogP contribution >= 0.6 is 11.5 Å². The number of hydrogen-bond donors (Lipinski definition) is 2. The third kappa shape index (κ3) is 1.99. The lowest BCUT2D eigenvalue weighted by Crippen LogP contribution is -2.23. The molecule has 0 fully saturated rings. The maximum absolute atomic E-state index is 9.77. The quantitative estimate of drug-likeness (QED) is 0.705. The zero-order valence-electron chi connectivity index (χ0n) is 6.45. The maximum atomic E-state index is 9.77. The minimum absolute atomic E-state index is 0.491. The Hall–Kier alpha value is -0.450. The highest BCUT2D eigenvalue weighted by molar-refractivity contribution is 7.05. The summed E-state index contributed by atoms with van der Waals surface area (Å²) in [6, 6.07) is 1.82. The average Bonchev–Trinajstić information content (AvgIpc) is 2.37. The van der Waals surface area contributed by atoms with Crippen LogP contribution in [0.1, 0.15) is 18.2 Å². The molecule has 0 amide bonds. The van der Waals surface area contributed by atoms with Gasteiger partial charge in [-0.1, -0.05) is 0 Å². The lowest BCUT2D eigenvalue weighted by atomic mass is 10.0. The zero-order valence-corrected chi connectivity index (χ0v) is 7.27. The fraction of sp³-hybridized carbons (Fsp3) is 0.571. The van der Waals surface area contributed by atoms with Gasteiger partial charge in [0.15, 0.2) is 0 Å². The van der Waals surface area contributed by atoms with E-state index in [2.05, 4.69) is 4.37 Å². The molecule has 0 bridgehead atoms. The number of aliphatic hydroxyl groups is 1. The normalized spacial score (nSPS) is 16.3. The van der Waals surface area contributed by atoms with E-state index < -0.39 is 5.60 Å². The van der Waals surface area contributed by atoms with Crippen molar-refractivity contribution in [2.75, 3.05) is 6.54 Å². The lowest BCUT2D eigenvalue weighted by Gasteiger charge is -2.19. The van der Waals surface area contributed by atoms with Crippen molar-refractivity contribution in [1.29, 1.82) is 0 Å². The second kappa shape index (κ2) is 3.30. The van der Waals surface area contributed by atoms with E-state index in [1.807, 2.05) is 6.07 Å². The summed E-state index contributed by atoms with van der Waals surface area (Å²) in [5, 5.41) is 9.77. The van der Waals surface area contributed by atoms with Crippen molar-refractivity contribution in [3.05, 3.63) is 17.1 Å². The summed E-state index contributed by atoms with van der Waals surface area (Å²) in [6.45, 7) is 2.25. The molecule has 0 spiro atoms. The molecule has 1 rings (SSSR count). The Balaban J connectivity index is 2.73. The summed E-state index contributed by atoms with van der Waals surface area (Å²) >= 11 is 1.31. The minimum atomic E-state index is -0.796. The van der Waals surface area contributed by atoms with Crippen molar-refractivity contribution in [3.63, 3.8) is 0 Å². The van der Waals surface area contributed by atoms with Crippen LogP contribution in [0.15, 0.2) is 12.3 Å². The molecule has 11 heavy (non-hydrogen) atoms. The first kappa shape index (κ1) is 8.64. The number of nitrogens with zero attached hydrogens (tertiary/aromatic N) is 1. The van der Waals surface area contributed by atoms with Gasteiger partial charge in [-0.3, -0.25) is 0 Å². The van der Waals surface area contributed by atoms with Gasteiger partial charge < -0.3 is 10.8 Å². The summed E-state index contributed by atoms with van der Waals surface area (Å²) in [5.41, 5.74) is 4.55. The second-order valence-electron chi connectivity index (χ2n) is 2.69. The predicted octanol–water partition coefficient (Wildman–Crippen LogP) is 0.699. The highest BCUT2D eigenvalue weighted by Gasteiger charge is 2.23. The molecule has 3 nitrogen and oxygen atoms in total. The first-order valence-electron chi connectivity index (χ1n) is 3.50. The summed E-state index contributed by atoms with van der Waals surface area (Å²) in [5.74, 6) is 0. The van der Waals surface area contributed by atoms with Gasteiger partial charge in [0.1, 0.15) is 0 Å². The molecule has 4 heteroatoms. The molecule has 1 atom stereocenters. The Morgan fingerprint density at radius 3 is 3.00 bits per heavy atom. The van der Waals surface area contributed by atoms with Crippen LogP contribution in [-0.2, 0) is 5.60 Å². The van der Waals surface area contributed by atoms with Gasteiger partial charge in [-0.15, -0.1) is 0 Å². The summed E-state index contributed by atoms with van der Waals surface area (Å²) in [7, 11) is 0. The maximum Gasteiger partial charge on any atom is 0.0987 e. The molecule has 0 saturated carbocycles. The monoisotopic (exact) mass is 172 g/mol. The van der Waals surface area contributed by atoms with E-state index in [4.69, 9.17) is 5.73 Å². The zero-order chi connectivity index (χ0) is 8.32. The first-order chi connectivity index (χ1) is 5.17. The summed E-state index contributed by atoms with van der Waals surface area (Å²) in [6.07, 6.45) is 2.26. The van der Waals surface area contributed by atoms with Crippen LogP contribution in [0.2, 0.25) is 0 Å². The van der Waals surface area contributed by atoms with Crippen LogP contribution in [0.25, 0.3) is 0 Å². The van der Waals surface area contributed by atoms with Crippen molar-refractivity contribution >= 4 is 11.5 Å². The SMILES string of the molecule is CC(O)(CCN)c1ccns1. The van der Waals surface area contributed by atoms with Crippen LogP contribution in [-0.4, -0.2) is 16.0 Å². The Bertz CT molecular complexity index is 208. The molecule has 0 aliphatic heterocycles. The van der Waals surface area contributed by atoms with Gasteiger partial charge in [0, 0.05) is 6.20 Å². The third-order valence-electron chi connectivity index (χ3n) is 1.60. The molecule has 62 valence electrons. The highest BCUT2D eigenvalue weighted by atomic mass is 32.1. The molecule has 1 unspecified atom stereocenters.